The van der Waals surface area contributed by atoms with Gasteiger partial charge in [0.15, 0.2) is 0 Å². The number of methoxy groups -OCH3 is 3. The molecule has 0 radical (unpaired) electrons. The Morgan fingerprint density at radius 2 is 1.15 bits per heavy atom. The van der Waals surface area contributed by atoms with Gasteiger partial charge in [-0.15, -0.1) is 0 Å². The summed E-state index contributed by atoms with van der Waals surface area (Å²) in [6, 6.07) is 0. The van der Waals surface area contributed by atoms with Gasteiger partial charge >= 0.3 is 8.80 Å². The van der Waals surface area contributed by atoms with Crippen LogP contribution in [-0.2, 0) is 27.5 Å². The molecular formula is C13H26O6Si. The van der Waals surface area contributed by atoms with E-state index in [1.807, 2.05) is 0 Å². The summed E-state index contributed by atoms with van der Waals surface area (Å²) >= 11 is 0. The molecule has 0 aliphatic carbocycles. The number of hydrogen-bond donors (Lipinski definition) is 0. The van der Waals surface area contributed by atoms with Crippen molar-refractivity contribution in [3.8, 4) is 0 Å². The number of hydrogen-bond acceptors (Lipinski definition) is 6. The van der Waals surface area contributed by atoms with E-state index >= 15 is 0 Å². The largest absolute Gasteiger partial charge is 0.536 e. The summed E-state index contributed by atoms with van der Waals surface area (Å²) in [5, 5.41) is 0.612. The lowest BCUT2D eigenvalue weighted by Crippen LogP contribution is -2.49. The molecule has 0 saturated heterocycles. The second kappa shape index (κ2) is 12.2. The van der Waals surface area contributed by atoms with Gasteiger partial charge in [0.2, 0.25) is 0 Å². The molecule has 0 amide bonds. The van der Waals surface area contributed by atoms with Crippen molar-refractivity contribution in [1.82, 2.24) is 0 Å². The molecule has 118 valence electrons. The van der Waals surface area contributed by atoms with Gasteiger partial charge in [0.05, 0.1) is 39.6 Å². The van der Waals surface area contributed by atoms with Crippen LogP contribution in [0.3, 0.4) is 0 Å². The SMILES string of the molecule is C=CC(=C)[Si](OCCOC)(OCCOC)OCCOC. The minimum Gasteiger partial charge on any atom is -0.382 e. The van der Waals surface area contributed by atoms with Gasteiger partial charge in [-0.3, -0.25) is 0 Å². The van der Waals surface area contributed by atoms with Crippen molar-refractivity contribution in [2.45, 2.75) is 0 Å². The quantitative estimate of drug-likeness (QED) is 0.273. The predicted octanol–water partition coefficient (Wildman–Crippen LogP) is 1.20. The first-order chi connectivity index (χ1) is 9.66. The summed E-state index contributed by atoms with van der Waals surface area (Å²) in [5.74, 6) is 0. The highest BCUT2D eigenvalue weighted by Gasteiger charge is 2.43. The van der Waals surface area contributed by atoms with Crippen molar-refractivity contribution in [2.24, 2.45) is 0 Å². The molecular weight excluding hydrogens is 280 g/mol. The first-order valence-electron chi connectivity index (χ1n) is 6.37. The Kier molecular flexibility index (Phi) is 11.9. The molecule has 0 aliphatic rings. The molecule has 0 saturated carbocycles. The van der Waals surface area contributed by atoms with Crippen LogP contribution in [0.25, 0.3) is 0 Å². The van der Waals surface area contributed by atoms with E-state index in [0.29, 0.717) is 44.8 Å². The van der Waals surface area contributed by atoms with E-state index < -0.39 is 8.80 Å². The Hall–Kier alpha value is -0.543. The standard InChI is InChI=1S/C13H26O6Si/c1-6-13(2)20(17-10-7-14-3,18-11-8-15-4)19-12-9-16-5/h6H,1-2,7-12H2,3-5H3. The average molecular weight is 306 g/mol. The molecule has 0 aromatic carbocycles. The van der Waals surface area contributed by atoms with Crippen LogP contribution in [-0.4, -0.2) is 69.8 Å². The lowest BCUT2D eigenvalue weighted by atomic mass is 10.6. The maximum Gasteiger partial charge on any atom is 0.536 e. The maximum absolute atomic E-state index is 5.80. The molecule has 0 atom stereocenters. The van der Waals surface area contributed by atoms with E-state index in [2.05, 4.69) is 13.2 Å². The lowest BCUT2D eigenvalue weighted by Gasteiger charge is -2.29. The summed E-state index contributed by atoms with van der Waals surface area (Å²) in [5.41, 5.74) is 0. The Labute approximate surface area is 122 Å². The van der Waals surface area contributed by atoms with Crippen molar-refractivity contribution >= 4 is 8.80 Å². The monoisotopic (exact) mass is 306 g/mol. The van der Waals surface area contributed by atoms with Crippen LogP contribution in [0.5, 0.6) is 0 Å². The van der Waals surface area contributed by atoms with E-state index in [4.69, 9.17) is 27.5 Å². The fourth-order valence-corrected chi connectivity index (χ4v) is 3.42. The van der Waals surface area contributed by atoms with Crippen LogP contribution in [0.1, 0.15) is 0 Å². The number of allylic oxidation sites excluding steroid dienone is 2. The van der Waals surface area contributed by atoms with Gasteiger partial charge in [-0.05, 0) is 0 Å². The molecule has 0 aliphatic heterocycles. The Balaban J connectivity index is 4.75. The molecule has 0 heterocycles. The number of rotatable bonds is 14. The van der Waals surface area contributed by atoms with E-state index in [0.717, 1.165) is 0 Å². The minimum atomic E-state index is -3.06. The fourth-order valence-electron chi connectivity index (χ4n) is 1.31. The summed E-state index contributed by atoms with van der Waals surface area (Å²) < 4.78 is 32.4. The molecule has 0 unspecified atom stereocenters. The molecule has 0 aromatic rings. The van der Waals surface area contributed by atoms with Gasteiger partial charge < -0.3 is 27.5 Å². The minimum absolute atomic E-state index is 0.357. The summed E-state index contributed by atoms with van der Waals surface area (Å²) in [7, 11) is 1.75. The molecule has 7 heteroatoms. The zero-order valence-corrected chi connectivity index (χ0v) is 13.7. The molecule has 0 fully saturated rings. The van der Waals surface area contributed by atoms with Gasteiger partial charge in [0, 0.05) is 26.5 Å². The number of ether oxygens (including phenoxy) is 3. The summed E-state index contributed by atoms with van der Waals surface area (Å²) in [4.78, 5) is 0. The van der Waals surface area contributed by atoms with Gasteiger partial charge in [-0.2, -0.15) is 0 Å². The molecule has 0 spiro atoms. The normalized spacial score (nSPS) is 11.6. The topological polar surface area (TPSA) is 55.4 Å². The lowest BCUT2D eigenvalue weighted by molar-refractivity contribution is 0.0216. The van der Waals surface area contributed by atoms with Crippen molar-refractivity contribution in [2.75, 3.05) is 61.0 Å². The fraction of sp³-hybridized carbons (Fsp3) is 0.692. The van der Waals surface area contributed by atoms with Crippen molar-refractivity contribution in [1.29, 1.82) is 0 Å². The van der Waals surface area contributed by atoms with Crippen molar-refractivity contribution in [3.63, 3.8) is 0 Å². The van der Waals surface area contributed by atoms with Crippen molar-refractivity contribution in [3.05, 3.63) is 24.4 Å². The first kappa shape index (κ1) is 19.5. The third-order valence-electron chi connectivity index (χ3n) is 2.38. The predicted molar refractivity (Wildman–Crippen MR) is 78.6 cm³/mol. The van der Waals surface area contributed by atoms with Crippen molar-refractivity contribution < 1.29 is 27.5 Å². The van der Waals surface area contributed by atoms with Gasteiger partial charge in [-0.25, -0.2) is 0 Å². The second-order valence-electron chi connectivity index (χ2n) is 3.81. The highest BCUT2D eigenvalue weighted by Crippen LogP contribution is 2.19. The van der Waals surface area contributed by atoms with Crippen LogP contribution < -0.4 is 0 Å². The average Bonchev–Trinajstić information content (AvgIpc) is 2.46. The van der Waals surface area contributed by atoms with Gasteiger partial charge in [0.1, 0.15) is 0 Å². The smallest absolute Gasteiger partial charge is 0.382 e. The highest BCUT2D eigenvalue weighted by molar-refractivity contribution is 6.69. The van der Waals surface area contributed by atoms with E-state index in [-0.39, 0.29) is 0 Å². The Morgan fingerprint density at radius 1 is 0.800 bits per heavy atom. The summed E-state index contributed by atoms with van der Waals surface area (Å²) in [6.07, 6.45) is 1.60. The first-order valence-corrected chi connectivity index (χ1v) is 8.09. The van der Waals surface area contributed by atoms with E-state index in [1.54, 1.807) is 27.4 Å². The van der Waals surface area contributed by atoms with Crippen LogP contribution in [0.15, 0.2) is 24.4 Å². The Bertz CT molecular complexity index is 245. The van der Waals surface area contributed by atoms with Crippen LogP contribution in [0.2, 0.25) is 0 Å². The second-order valence-corrected chi connectivity index (χ2v) is 6.43. The third kappa shape index (κ3) is 7.30. The molecule has 0 aromatic heterocycles. The molecule has 6 nitrogen and oxygen atoms in total. The highest BCUT2D eigenvalue weighted by atomic mass is 28.4. The van der Waals surface area contributed by atoms with Gasteiger partial charge in [-0.1, -0.05) is 19.2 Å². The summed E-state index contributed by atoms with van der Waals surface area (Å²) in [6.45, 7) is 10.0. The zero-order chi connectivity index (χ0) is 15.3. The van der Waals surface area contributed by atoms with Crippen LogP contribution in [0.4, 0.5) is 0 Å². The molecule has 0 bridgehead atoms. The van der Waals surface area contributed by atoms with Crippen LogP contribution in [0, 0.1) is 0 Å². The molecule has 0 rings (SSSR count). The van der Waals surface area contributed by atoms with Gasteiger partial charge in [0.25, 0.3) is 0 Å². The third-order valence-corrected chi connectivity index (χ3v) is 5.12. The van der Waals surface area contributed by atoms with Crippen LogP contribution >= 0.6 is 0 Å². The van der Waals surface area contributed by atoms with E-state index in [1.165, 1.54) is 0 Å². The van der Waals surface area contributed by atoms with E-state index in [9.17, 15) is 0 Å². The maximum atomic E-state index is 5.80. The molecule has 20 heavy (non-hydrogen) atoms. The zero-order valence-electron chi connectivity index (χ0n) is 12.7. The Morgan fingerprint density at radius 3 is 1.40 bits per heavy atom. The molecule has 0 N–H and O–H groups in total.